The van der Waals surface area contributed by atoms with Crippen molar-refractivity contribution < 1.29 is 5.11 Å². The molecular formula is C17H22N2OS. The summed E-state index contributed by atoms with van der Waals surface area (Å²) < 4.78 is 0. The Bertz CT molecular complexity index is 625. The van der Waals surface area contributed by atoms with Gasteiger partial charge in [0.25, 0.3) is 0 Å². The quantitative estimate of drug-likeness (QED) is 0.803. The summed E-state index contributed by atoms with van der Waals surface area (Å²) in [6.45, 7) is 4.74. The van der Waals surface area contributed by atoms with Crippen LogP contribution < -0.4 is 5.32 Å². The lowest BCUT2D eigenvalue weighted by Gasteiger charge is -2.17. The van der Waals surface area contributed by atoms with Crippen molar-refractivity contribution in [2.45, 2.75) is 55.7 Å². The number of para-hydroxylation sites is 1. The largest absolute Gasteiger partial charge is 0.392 e. The van der Waals surface area contributed by atoms with Gasteiger partial charge in [-0.2, -0.15) is 0 Å². The van der Waals surface area contributed by atoms with Crippen LogP contribution in [-0.2, 0) is 6.54 Å². The second kappa shape index (κ2) is 6.34. The Morgan fingerprint density at radius 1 is 1.33 bits per heavy atom. The van der Waals surface area contributed by atoms with Gasteiger partial charge in [0, 0.05) is 23.2 Å². The topological polar surface area (TPSA) is 45.2 Å². The van der Waals surface area contributed by atoms with Crippen LogP contribution in [0.4, 0.5) is 0 Å². The lowest BCUT2D eigenvalue weighted by molar-refractivity contribution is 0.196. The molecule has 0 bridgehead atoms. The van der Waals surface area contributed by atoms with Crippen molar-refractivity contribution in [2.24, 2.45) is 0 Å². The maximum absolute atomic E-state index is 9.75. The van der Waals surface area contributed by atoms with E-state index in [1.807, 2.05) is 32.0 Å². The third-order valence-corrected chi connectivity index (χ3v) is 5.24. The van der Waals surface area contributed by atoms with Gasteiger partial charge >= 0.3 is 0 Å². The third kappa shape index (κ3) is 3.76. The molecule has 2 aromatic rings. The van der Waals surface area contributed by atoms with Gasteiger partial charge in [0.15, 0.2) is 0 Å². The highest BCUT2D eigenvalue weighted by Gasteiger charge is 2.21. The summed E-state index contributed by atoms with van der Waals surface area (Å²) in [5.41, 5.74) is 2.26. The molecule has 0 aliphatic heterocycles. The number of aliphatic hydroxyl groups is 1. The number of fused-ring (bicyclic) bond motifs is 1. The minimum absolute atomic E-state index is 0.137. The van der Waals surface area contributed by atoms with Crippen molar-refractivity contribution in [1.29, 1.82) is 0 Å². The first kappa shape index (κ1) is 14.8. The van der Waals surface area contributed by atoms with Crippen LogP contribution in [0.15, 0.2) is 35.4 Å². The maximum Gasteiger partial charge on any atom is 0.102 e. The number of benzene rings is 1. The number of pyridine rings is 1. The van der Waals surface area contributed by atoms with E-state index in [0.29, 0.717) is 6.04 Å². The van der Waals surface area contributed by atoms with Gasteiger partial charge in [0.05, 0.1) is 11.6 Å². The molecule has 2 unspecified atom stereocenters. The Morgan fingerprint density at radius 3 is 2.81 bits per heavy atom. The summed E-state index contributed by atoms with van der Waals surface area (Å²) in [7, 11) is 0. The molecule has 4 heteroatoms. The van der Waals surface area contributed by atoms with E-state index in [1.165, 1.54) is 23.8 Å². The highest BCUT2D eigenvalue weighted by atomic mass is 32.2. The van der Waals surface area contributed by atoms with Crippen molar-refractivity contribution in [3.8, 4) is 0 Å². The van der Waals surface area contributed by atoms with Gasteiger partial charge in [-0.05, 0) is 37.5 Å². The average Bonchev–Trinajstić information content (AvgIpc) is 3.29. The van der Waals surface area contributed by atoms with Crippen LogP contribution in [0.3, 0.4) is 0 Å². The second-order valence-electron chi connectivity index (χ2n) is 5.86. The molecule has 2 N–H and O–H groups in total. The fourth-order valence-corrected chi connectivity index (χ4v) is 3.17. The lowest BCUT2D eigenvalue weighted by atomic mass is 10.1. The van der Waals surface area contributed by atoms with Crippen molar-refractivity contribution in [3.63, 3.8) is 0 Å². The van der Waals surface area contributed by atoms with Gasteiger partial charge in [-0.1, -0.05) is 25.1 Å². The Morgan fingerprint density at radius 2 is 2.10 bits per heavy atom. The van der Waals surface area contributed by atoms with E-state index in [1.54, 1.807) is 11.8 Å². The third-order valence-electron chi connectivity index (χ3n) is 3.90. The molecule has 1 aliphatic rings. The number of rotatable bonds is 6. The highest BCUT2D eigenvalue weighted by Crippen LogP contribution is 2.30. The van der Waals surface area contributed by atoms with Crippen molar-refractivity contribution in [1.82, 2.24) is 10.3 Å². The van der Waals surface area contributed by atoms with Gasteiger partial charge in [-0.3, -0.25) is 0 Å². The lowest BCUT2D eigenvalue weighted by Crippen LogP contribution is -2.18. The number of nitrogens with one attached hydrogen (secondary N) is 1. The maximum atomic E-state index is 9.75. The van der Waals surface area contributed by atoms with E-state index in [-0.39, 0.29) is 11.4 Å². The Labute approximate surface area is 130 Å². The minimum atomic E-state index is -0.340. The molecule has 1 aromatic carbocycles. The molecule has 21 heavy (non-hydrogen) atoms. The zero-order chi connectivity index (χ0) is 14.8. The molecule has 112 valence electrons. The van der Waals surface area contributed by atoms with Crippen molar-refractivity contribution in [2.75, 3.05) is 0 Å². The Kier molecular flexibility index (Phi) is 4.48. The number of aliphatic hydroxyl groups excluding tert-OH is 1. The molecule has 3 nitrogen and oxygen atoms in total. The van der Waals surface area contributed by atoms with Gasteiger partial charge in [0.1, 0.15) is 5.03 Å². The number of aromatic nitrogens is 1. The number of nitrogens with zero attached hydrogens (tertiary/aromatic N) is 1. The normalized spacial score (nSPS) is 17.9. The monoisotopic (exact) mass is 302 g/mol. The van der Waals surface area contributed by atoms with Gasteiger partial charge in [-0.15, -0.1) is 11.8 Å². The van der Waals surface area contributed by atoms with Gasteiger partial charge in [0.2, 0.25) is 0 Å². The first-order valence-electron chi connectivity index (χ1n) is 7.60. The summed E-state index contributed by atoms with van der Waals surface area (Å²) >= 11 is 1.66. The van der Waals surface area contributed by atoms with E-state index < -0.39 is 0 Å². The molecule has 0 amide bonds. The average molecular weight is 302 g/mol. The summed E-state index contributed by atoms with van der Waals surface area (Å²) in [5, 5.41) is 15.7. The van der Waals surface area contributed by atoms with Crippen LogP contribution in [-0.4, -0.2) is 27.5 Å². The Hall–Kier alpha value is -1.10. The van der Waals surface area contributed by atoms with Crippen LogP contribution in [0.1, 0.15) is 32.3 Å². The molecule has 2 atom stereocenters. The van der Waals surface area contributed by atoms with Crippen molar-refractivity contribution in [3.05, 3.63) is 35.9 Å². The standard InChI is InChI=1S/C17H22N2OS/c1-11(20)12(2)21-17-14(10-18-15-7-8-15)9-13-5-3-4-6-16(13)19-17/h3-6,9,11-12,15,18,20H,7-8,10H2,1-2H3. The summed E-state index contributed by atoms with van der Waals surface area (Å²) in [6.07, 6.45) is 2.23. The van der Waals surface area contributed by atoms with Crippen LogP contribution >= 0.6 is 11.8 Å². The van der Waals surface area contributed by atoms with E-state index >= 15 is 0 Å². The summed E-state index contributed by atoms with van der Waals surface area (Å²) in [4.78, 5) is 4.81. The van der Waals surface area contributed by atoms with Crippen molar-refractivity contribution >= 4 is 22.7 Å². The minimum Gasteiger partial charge on any atom is -0.392 e. The molecule has 0 spiro atoms. The molecular weight excluding hydrogens is 280 g/mol. The van der Waals surface area contributed by atoms with Crippen LogP contribution in [0.5, 0.6) is 0 Å². The SMILES string of the molecule is CC(O)C(C)Sc1nc2ccccc2cc1CNC1CC1. The second-order valence-corrected chi connectivity index (χ2v) is 7.23. The molecule has 0 saturated heterocycles. The molecule has 3 rings (SSSR count). The predicted molar refractivity (Wildman–Crippen MR) is 88.6 cm³/mol. The van der Waals surface area contributed by atoms with E-state index in [9.17, 15) is 5.11 Å². The zero-order valence-corrected chi connectivity index (χ0v) is 13.4. The number of thioether (sulfide) groups is 1. The fourth-order valence-electron chi connectivity index (χ4n) is 2.19. The molecule has 1 saturated carbocycles. The van der Waals surface area contributed by atoms with Crippen LogP contribution in [0, 0.1) is 0 Å². The predicted octanol–water partition coefficient (Wildman–Crippen LogP) is 3.35. The smallest absolute Gasteiger partial charge is 0.102 e. The van der Waals surface area contributed by atoms with E-state index in [2.05, 4.69) is 17.4 Å². The highest BCUT2D eigenvalue weighted by molar-refractivity contribution is 7.99. The zero-order valence-electron chi connectivity index (χ0n) is 12.5. The summed E-state index contributed by atoms with van der Waals surface area (Å²) in [6, 6.07) is 11.1. The van der Waals surface area contributed by atoms with E-state index in [0.717, 1.165) is 17.1 Å². The van der Waals surface area contributed by atoms with Crippen LogP contribution in [0.2, 0.25) is 0 Å². The number of hydrogen-bond donors (Lipinski definition) is 2. The van der Waals surface area contributed by atoms with E-state index in [4.69, 9.17) is 4.98 Å². The first-order chi connectivity index (χ1) is 10.1. The number of hydrogen-bond acceptors (Lipinski definition) is 4. The van der Waals surface area contributed by atoms with Gasteiger partial charge in [-0.25, -0.2) is 4.98 Å². The molecule has 1 heterocycles. The molecule has 1 aromatic heterocycles. The molecule has 1 fully saturated rings. The fraction of sp³-hybridized carbons (Fsp3) is 0.471. The first-order valence-corrected chi connectivity index (χ1v) is 8.48. The molecule has 1 aliphatic carbocycles. The Balaban J connectivity index is 1.90. The van der Waals surface area contributed by atoms with Crippen LogP contribution in [0.25, 0.3) is 10.9 Å². The van der Waals surface area contributed by atoms with Gasteiger partial charge < -0.3 is 10.4 Å². The summed E-state index contributed by atoms with van der Waals surface area (Å²) in [5.74, 6) is 0. The molecule has 0 radical (unpaired) electrons.